The molecule has 16 N–H and O–H groups in total. The fourth-order valence-electron chi connectivity index (χ4n) is 7.84. The molecule has 11 amide bonds. The topological polar surface area (TPSA) is 391 Å². The van der Waals surface area contributed by atoms with Gasteiger partial charge in [0, 0.05) is 30.9 Å². The molecule has 9 atom stereocenters. The van der Waals surface area contributed by atoms with E-state index in [1.54, 1.807) is 44.2 Å². The molecule has 0 unspecified atom stereocenters. The Hall–Kier alpha value is -5.99. The number of nitrogens with one attached hydrogen (secondary N) is 8. The molecule has 2 aliphatic heterocycles. The molecule has 73 heavy (non-hydrogen) atoms. The Morgan fingerprint density at radius 3 is 2.04 bits per heavy atom. The maximum absolute atomic E-state index is 14.6. The fourth-order valence-corrected chi connectivity index (χ4v) is 10.1. The van der Waals surface area contributed by atoms with E-state index < -0.39 is 139 Å². The lowest BCUT2D eigenvalue weighted by atomic mass is 9.96. The Morgan fingerprint density at radius 2 is 1.40 bits per heavy atom. The second kappa shape index (κ2) is 31.6. The molecular formula is C47H75N13O11S2. The fraction of sp³-hybridized carbons (Fsp3) is 0.638. The number of likely N-dealkylation sites (tertiary alicyclic amines) is 1. The maximum Gasteiger partial charge on any atom is 0.246 e. The standard InChI is InChI=1S/C47H75N13O11S2/c1-5-27(4)39-46(70)55-31(15-16-36(49)61)42(66)57-33(22-37(50)62)43(67)58-34(25-73-72-24-29(48)40(64)56-32(44(68)59-39)21-28-11-7-6-8-12-28)47(71)60-20-10-14-35(60)45(69)54-30(41(65)53-23-38(51)63)13-9-18-52-19-17-26(2)3/h6-8,11-12,26-27,29-35,39,52H,5,9-10,13-25,48H2,1-4H3,(H2,49,61)(H2,50,62)(H2,51,63)(H,53,65)(H,54,69)(H,55,70)(H,56,64)(H,57,66)(H,58,67)(H,59,68)/t27-,29-,30-,31-,32-,33-,34-,35-,39-/m0/s1. The summed E-state index contributed by atoms with van der Waals surface area (Å²) >= 11 is 0. The minimum absolute atomic E-state index is 0.00493. The Balaban J connectivity index is 2.01. The van der Waals surface area contributed by atoms with Gasteiger partial charge in [-0.05, 0) is 69.0 Å². The molecule has 26 heteroatoms. The molecule has 0 aliphatic carbocycles. The lowest BCUT2D eigenvalue weighted by Gasteiger charge is -2.31. The summed E-state index contributed by atoms with van der Waals surface area (Å²) < 4.78 is 0. The molecule has 2 saturated heterocycles. The van der Waals surface area contributed by atoms with Gasteiger partial charge in [-0.1, -0.05) is 86.0 Å². The Labute approximate surface area is 433 Å². The van der Waals surface area contributed by atoms with Crippen LogP contribution in [0.3, 0.4) is 0 Å². The van der Waals surface area contributed by atoms with Gasteiger partial charge >= 0.3 is 0 Å². The first-order chi connectivity index (χ1) is 34.6. The number of nitrogens with two attached hydrogens (primary N) is 4. The number of carbonyl (C=O) groups excluding carboxylic acids is 11. The number of carbonyl (C=O) groups is 11. The average Bonchev–Trinajstić information content (AvgIpc) is 3.84. The summed E-state index contributed by atoms with van der Waals surface area (Å²) in [6.45, 7) is 8.50. The second-order valence-electron chi connectivity index (χ2n) is 18.7. The van der Waals surface area contributed by atoms with Gasteiger partial charge in [0.1, 0.15) is 42.3 Å². The SMILES string of the molecule is CC[C@H](C)[C@@H]1NC(=O)[C@H](Cc2ccccc2)NC(=O)[C@@H](N)CSSC[C@@H](C(=O)N2CCC[C@H]2C(=O)N[C@@H](CCCNCCC(C)C)C(=O)NCC(N)=O)NC(=O)[C@H](CC(N)=O)NC(=O)[C@H](CCC(N)=O)NC1=O. The van der Waals surface area contributed by atoms with E-state index in [4.69, 9.17) is 22.9 Å². The molecule has 1 aromatic rings. The van der Waals surface area contributed by atoms with Gasteiger partial charge in [0.05, 0.1) is 19.0 Å². The van der Waals surface area contributed by atoms with Gasteiger partial charge in [-0.3, -0.25) is 52.7 Å². The highest BCUT2D eigenvalue weighted by Crippen LogP contribution is 2.26. The maximum atomic E-state index is 14.6. The molecule has 2 aliphatic rings. The minimum atomic E-state index is -1.74. The molecule has 0 bridgehead atoms. The smallest absolute Gasteiger partial charge is 0.246 e. The second-order valence-corrected chi connectivity index (χ2v) is 21.2. The molecular weight excluding hydrogens is 987 g/mol. The molecule has 3 rings (SSSR count). The van der Waals surface area contributed by atoms with Crippen LogP contribution in [0.1, 0.15) is 91.0 Å². The lowest BCUT2D eigenvalue weighted by molar-refractivity contribution is -0.142. The van der Waals surface area contributed by atoms with E-state index in [9.17, 15) is 52.7 Å². The van der Waals surface area contributed by atoms with E-state index in [1.165, 1.54) is 4.90 Å². The van der Waals surface area contributed by atoms with E-state index in [1.807, 2.05) is 0 Å². The van der Waals surface area contributed by atoms with Crippen molar-refractivity contribution in [3.63, 3.8) is 0 Å². The van der Waals surface area contributed by atoms with E-state index >= 15 is 0 Å². The van der Waals surface area contributed by atoms with Crippen molar-refractivity contribution in [2.24, 2.45) is 34.8 Å². The monoisotopic (exact) mass is 1060 g/mol. The van der Waals surface area contributed by atoms with Crippen LogP contribution < -0.4 is 65.5 Å². The third kappa shape index (κ3) is 21.6. The lowest BCUT2D eigenvalue weighted by Crippen LogP contribution is -2.61. The van der Waals surface area contributed by atoms with Crippen LogP contribution in [0.2, 0.25) is 0 Å². The van der Waals surface area contributed by atoms with Crippen molar-refractivity contribution in [3.8, 4) is 0 Å². The predicted molar refractivity (Wildman–Crippen MR) is 275 cm³/mol. The van der Waals surface area contributed by atoms with E-state index in [-0.39, 0.29) is 43.7 Å². The molecule has 1 aromatic carbocycles. The summed E-state index contributed by atoms with van der Waals surface area (Å²) in [5, 5.41) is 21.4. The van der Waals surface area contributed by atoms with Crippen LogP contribution in [0.5, 0.6) is 0 Å². The number of hydrogen-bond acceptors (Lipinski definition) is 15. The highest BCUT2D eigenvalue weighted by Gasteiger charge is 2.41. The summed E-state index contributed by atoms with van der Waals surface area (Å²) in [6.07, 6.45) is 0.912. The number of rotatable bonds is 22. The van der Waals surface area contributed by atoms with Crippen LogP contribution in [-0.2, 0) is 59.2 Å². The molecule has 406 valence electrons. The van der Waals surface area contributed by atoms with Crippen LogP contribution in [0.15, 0.2) is 30.3 Å². The zero-order chi connectivity index (χ0) is 54.2. The van der Waals surface area contributed by atoms with Crippen LogP contribution in [0.4, 0.5) is 0 Å². The van der Waals surface area contributed by atoms with Gasteiger partial charge in [0.25, 0.3) is 0 Å². The predicted octanol–water partition coefficient (Wildman–Crippen LogP) is -2.94. The molecule has 0 saturated carbocycles. The Morgan fingerprint density at radius 1 is 0.753 bits per heavy atom. The Bertz CT molecular complexity index is 2090. The summed E-state index contributed by atoms with van der Waals surface area (Å²) in [7, 11) is 2.10. The quantitative estimate of drug-likeness (QED) is 0.0408. The van der Waals surface area contributed by atoms with Crippen molar-refractivity contribution in [1.82, 2.24) is 47.4 Å². The Kier molecular flexibility index (Phi) is 26.5. The van der Waals surface area contributed by atoms with Crippen molar-refractivity contribution in [2.75, 3.05) is 37.7 Å². The van der Waals surface area contributed by atoms with Gasteiger partial charge in [-0.15, -0.1) is 0 Å². The molecule has 0 aromatic heterocycles. The van der Waals surface area contributed by atoms with Crippen molar-refractivity contribution in [2.45, 2.75) is 140 Å². The summed E-state index contributed by atoms with van der Waals surface area (Å²) in [4.78, 5) is 149. The van der Waals surface area contributed by atoms with Gasteiger partial charge in [0.15, 0.2) is 0 Å². The highest BCUT2D eigenvalue weighted by molar-refractivity contribution is 8.76. The summed E-state index contributed by atoms with van der Waals surface area (Å²) in [6, 6.07) is -1.92. The summed E-state index contributed by atoms with van der Waals surface area (Å²) in [5.41, 5.74) is 23.3. The molecule has 24 nitrogen and oxygen atoms in total. The first-order valence-corrected chi connectivity index (χ1v) is 27.1. The summed E-state index contributed by atoms with van der Waals surface area (Å²) in [5.74, 6) is -9.45. The zero-order valence-corrected chi connectivity index (χ0v) is 43.7. The van der Waals surface area contributed by atoms with Crippen LogP contribution in [-0.4, -0.2) is 156 Å². The van der Waals surface area contributed by atoms with Gasteiger partial charge in [-0.2, -0.15) is 0 Å². The van der Waals surface area contributed by atoms with Gasteiger partial charge in [-0.25, -0.2) is 0 Å². The number of nitrogens with zero attached hydrogens (tertiary/aromatic N) is 1. The van der Waals surface area contributed by atoms with Gasteiger partial charge in [0.2, 0.25) is 65.0 Å². The molecule has 0 radical (unpaired) electrons. The number of primary amides is 3. The van der Waals surface area contributed by atoms with Crippen molar-refractivity contribution in [3.05, 3.63) is 35.9 Å². The molecule has 0 spiro atoms. The number of benzene rings is 1. The van der Waals surface area contributed by atoms with Crippen LogP contribution in [0.25, 0.3) is 0 Å². The van der Waals surface area contributed by atoms with E-state index in [2.05, 4.69) is 56.4 Å². The van der Waals surface area contributed by atoms with E-state index in [0.717, 1.165) is 34.6 Å². The van der Waals surface area contributed by atoms with Crippen LogP contribution >= 0.6 is 21.6 Å². The number of amides is 11. The largest absolute Gasteiger partial charge is 0.370 e. The van der Waals surface area contributed by atoms with Gasteiger partial charge < -0.3 is 70.4 Å². The molecule has 2 heterocycles. The van der Waals surface area contributed by atoms with E-state index in [0.29, 0.717) is 37.3 Å². The molecule has 2 fully saturated rings. The average molecular weight is 1060 g/mol. The van der Waals surface area contributed by atoms with Crippen molar-refractivity contribution in [1.29, 1.82) is 0 Å². The number of hydrogen-bond donors (Lipinski definition) is 12. The van der Waals surface area contributed by atoms with Crippen molar-refractivity contribution < 1.29 is 52.7 Å². The first-order valence-electron chi connectivity index (χ1n) is 24.6. The van der Waals surface area contributed by atoms with Crippen LogP contribution in [0, 0.1) is 11.8 Å². The normalized spacial score (nSPS) is 23.6. The third-order valence-electron chi connectivity index (χ3n) is 12.2. The minimum Gasteiger partial charge on any atom is -0.370 e. The first kappa shape index (κ1) is 61.3. The highest BCUT2D eigenvalue weighted by atomic mass is 33.1. The zero-order valence-electron chi connectivity index (χ0n) is 42.0. The third-order valence-corrected chi connectivity index (χ3v) is 14.7. The van der Waals surface area contributed by atoms with Crippen molar-refractivity contribution >= 4 is 86.6 Å².